The van der Waals surface area contributed by atoms with Crippen molar-refractivity contribution in [1.29, 1.82) is 0 Å². The summed E-state index contributed by atoms with van der Waals surface area (Å²) in [5.41, 5.74) is 0. The minimum Gasteiger partial charge on any atom is -0.464 e. The molecule has 3 nitrogen and oxygen atoms in total. The van der Waals surface area contributed by atoms with Gasteiger partial charge >= 0.3 is 0 Å². The van der Waals surface area contributed by atoms with Crippen molar-refractivity contribution in [2.45, 2.75) is 29.8 Å². The van der Waals surface area contributed by atoms with Crippen LogP contribution < -0.4 is 10.1 Å². The van der Waals surface area contributed by atoms with E-state index in [4.69, 9.17) is 51.1 Å². The zero-order valence-electron chi connectivity index (χ0n) is 10.1. The van der Waals surface area contributed by atoms with E-state index in [-0.39, 0.29) is 5.91 Å². The van der Waals surface area contributed by atoms with Crippen LogP contribution in [-0.2, 0) is 4.79 Å². The number of hydrogen-bond acceptors (Lipinski definition) is 2. The molecule has 0 bridgehead atoms. The summed E-state index contributed by atoms with van der Waals surface area (Å²) >= 11 is 23.3. The molecule has 0 aliphatic heterocycles. The molecule has 0 saturated carbocycles. The molecule has 0 saturated heterocycles. The summed E-state index contributed by atoms with van der Waals surface area (Å²) in [5.74, 6) is 0.0724. The molecule has 0 aromatic heterocycles. The van der Waals surface area contributed by atoms with Gasteiger partial charge in [0.05, 0.1) is 5.02 Å². The molecule has 7 heteroatoms. The molecular weight excluding hydrogens is 332 g/mol. The van der Waals surface area contributed by atoms with Crippen LogP contribution in [0.3, 0.4) is 0 Å². The third-order valence-electron chi connectivity index (χ3n) is 2.15. The maximum Gasteiger partial charge on any atom is 0.246 e. The van der Waals surface area contributed by atoms with Crippen LogP contribution in [0.1, 0.15) is 19.8 Å². The summed E-state index contributed by atoms with van der Waals surface area (Å²) < 4.78 is 3.66. The van der Waals surface area contributed by atoms with E-state index in [1.54, 1.807) is 24.3 Å². The van der Waals surface area contributed by atoms with E-state index in [0.29, 0.717) is 23.6 Å². The Morgan fingerprint density at radius 1 is 1.37 bits per heavy atom. The molecule has 1 N–H and O–H groups in total. The molecule has 0 aliphatic rings. The lowest BCUT2D eigenvalue weighted by molar-refractivity contribution is -0.123. The molecule has 19 heavy (non-hydrogen) atoms. The zero-order chi connectivity index (χ0) is 14.5. The lowest BCUT2D eigenvalue weighted by Gasteiger charge is -2.26. The van der Waals surface area contributed by atoms with Gasteiger partial charge in [0.15, 0.2) is 0 Å². The molecule has 0 radical (unpaired) electrons. The van der Waals surface area contributed by atoms with Gasteiger partial charge in [-0.15, -0.1) is 0 Å². The Morgan fingerprint density at radius 3 is 2.53 bits per heavy atom. The van der Waals surface area contributed by atoms with Crippen LogP contribution in [0.5, 0.6) is 5.75 Å². The number of carbonyl (C=O) groups is 1. The quantitative estimate of drug-likeness (QED) is 0.637. The summed E-state index contributed by atoms with van der Waals surface area (Å²) in [5, 5.41) is 2.89. The monoisotopic (exact) mass is 343 g/mol. The second-order valence-electron chi connectivity index (χ2n) is 3.79. The minimum absolute atomic E-state index is 0.258. The normalized spacial score (nSPS) is 12.9. The molecule has 0 heterocycles. The van der Waals surface area contributed by atoms with Crippen molar-refractivity contribution in [3.05, 3.63) is 29.3 Å². The summed E-state index contributed by atoms with van der Waals surface area (Å²) in [4.78, 5) is 11.6. The van der Waals surface area contributed by atoms with E-state index >= 15 is 0 Å². The van der Waals surface area contributed by atoms with Gasteiger partial charge in [0.1, 0.15) is 5.75 Å². The van der Waals surface area contributed by atoms with Gasteiger partial charge in [-0.3, -0.25) is 4.79 Å². The smallest absolute Gasteiger partial charge is 0.246 e. The average Bonchev–Trinajstić information content (AvgIpc) is 2.30. The van der Waals surface area contributed by atoms with Crippen LogP contribution in [0.2, 0.25) is 5.02 Å². The Bertz CT molecular complexity index is 434. The van der Waals surface area contributed by atoms with Crippen LogP contribution in [0, 0.1) is 0 Å². The molecule has 1 aromatic carbocycles. The molecule has 1 amide bonds. The van der Waals surface area contributed by atoms with Crippen molar-refractivity contribution in [2.75, 3.05) is 0 Å². The van der Waals surface area contributed by atoms with Crippen molar-refractivity contribution >= 4 is 52.3 Å². The van der Waals surface area contributed by atoms with Crippen molar-refractivity contribution < 1.29 is 9.53 Å². The van der Waals surface area contributed by atoms with Crippen molar-refractivity contribution in [3.8, 4) is 5.75 Å². The van der Waals surface area contributed by atoms with Crippen LogP contribution in [0.4, 0.5) is 0 Å². The molecule has 1 aromatic rings. The highest BCUT2D eigenvalue weighted by Crippen LogP contribution is 2.34. The highest BCUT2D eigenvalue weighted by Gasteiger charge is 2.36. The van der Waals surface area contributed by atoms with Gasteiger partial charge in [-0.25, -0.2) is 0 Å². The Morgan fingerprint density at radius 2 is 2.00 bits per heavy atom. The number of benzene rings is 1. The van der Waals surface area contributed by atoms with E-state index in [9.17, 15) is 4.79 Å². The number of alkyl halides is 3. The second-order valence-corrected chi connectivity index (χ2v) is 6.56. The first-order valence-corrected chi connectivity index (χ1v) is 7.13. The summed E-state index contributed by atoms with van der Waals surface area (Å²) in [6, 6.07) is 6.73. The van der Waals surface area contributed by atoms with Crippen LogP contribution in [0.25, 0.3) is 0 Å². The highest BCUT2D eigenvalue weighted by atomic mass is 35.6. The molecule has 1 rings (SSSR count). The summed E-state index contributed by atoms with van der Waals surface area (Å²) in [7, 11) is 0. The standard InChI is InChI=1S/C12H13Cl4NO2/c1-2-5-10(18)17-11(12(14,15)16)19-9-7-4-3-6-8(9)13/h3-4,6-7,11H,2,5H2,1H3,(H,17,18)/t11-/m1/s1. The van der Waals surface area contributed by atoms with Gasteiger partial charge in [0.25, 0.3) is 0 Å². The van der Waals surface area contributed by atoms with Gasteiger partial charge in [-0.2, -0.15) is 0 Å². The predicted octanol–water partition coefficient (Wildman–Crippen LogP) is 4.33. The van der Waals surface area contributed by atoms with Gasteiger partial charge in [-0.1, -0.05) is 65.5 Å². The number of halogens is 4. The van der Waals surface area contributed by atoms with E-state index < -0.39 is 10.0 Å². The van der Waals surface area contributed by atoms with Crippen molar-refractivity contribution in [3.63, 3.8) is 0 Å². The van der Waals surface area contributed by atoms with Crippen molar-refractivity contribution in [1.82, 2.24) is 5.32 Å². The molecule has 0 unspecified atom stereocenters. The maximum atomic E-state index is 11.6. The number of amides is 1. The third-order valence-corrected chi connectivity index (χ3v) is 3.05. The van der Waals surface area contributed by atoms with Gasteiger partial charge in [-0.05, 0) is 18.6 Å². The largest absolute Gasteiger partial charge is 0.464 e. The Hall–Kier alpha value is -0.350. The molecular formula is C12H13Cl4NO2. The number of rotatable bonds is 5. The molecule has 106 valence electrons. The first-order valence-electron chi connectivity index (χ1n) is 5.62. The number of para-hydroxylation sites is 1. The molecule has 0 aliphatic carbocycles. The average molecular weight is 345 g/mol. The van der Waals surface area contributed by atoms with Gasteiger partial charge in [0, 0.05) is 6.42 Å². The number of carbonyl (C=O) groups excluding carboxylic acids is 1. The number of nitrogens with one attached hydrogen (secondary N) is 1. The molecule has 0 fully saturated rings. The van der Waals surface area contributed by atoms with Crippen LogP contribution in [0.15, 0.2) is 24.3 Å². The number of ether oxygens (including phenoxy) is 1. The fraction of sp³-hybridized carbons (Fsp3) is 0.417. The first-order chi connectivity index (χ1) is 8.84. The van der Waals surface area contributed by atoms with Crippen molar-refractivity contribution in [2.24, 2.45) is 0 Å². The van der Waals surface area contributed by atoms with E-state index in [2.05, 4.69) is 5.32 Å². The number of hydrogen-bond donors (Lipinski definition) is 1. The fourth-order valence-electron chi connectivity index (χ4n) is 1.29. The lowest BCUT2D eigenvalue weighted by atomic mass is 10.3. The SMILES string of the molecule is CCCC(=O)N[C@H](Oc1ccccc1Cl)C(Cl)(Cl)Cl. The Kier molecular flexibility index (Phi) is 6.54. The molecule has 0 spiro atoms. The topological polar surface area (TPSA) is 38.3 Å². The highest BCUT2D eigenvalue weighted by molar-refractivity contribution is 6.68. The zero-order valence-corrected chi connectivity index (χ0v) is 13.2. The van der Waals surface area contributed by atoms with E-state index in [0.717, 1.165) is 0 Å². The van der Waals surface area contributed by atoms with Gasteiger partial charge < -0.3 is 10.1 Å². The van der Waals surface area contributed by atoms with Crippen LogP contribution >= 0.6 is 46.4 Å². The second kappa shape index (κ2) is 7.44. The fourth-order valence-corrected chi connectivity index (χ4v) is 1.77. The van der Waals surface area contributed by atoms with Crippen LogP contribution in [-0.4, -0.2) is 15.9 Å². The Balaban J connectivity index is 2.82. The molecule has 1 atom stereocenters. The van der Waals surface area contributed by atoms with E-state index in [1.807, 2.05) is 6.92 Å². The summed E-state index contributed by atoms with van der Waals surface area (Å²) in [6.07, 6.45) is -0.107. The lowest BCUT2D eigenvalue weighted by Crippen LogP contribution is -2.47. The first kappa shape index (κ1) is 16.7. The van der Waals surface area contributed by atoms with Gasteiger partial charge in [0.2, 0.25) is 15.9 Å². The predicted molar refractivity (Wildman–Crippen MR) is 79.2 cm³/mol. The summed E-state index contributed by atoms with van der Waals surface area (Å²) in [6.45, 7) is 1.87. The Labute approximate surface area is 132 Å². The van der Waals surface area contributed by atoms with E-state index in [1.165, 1.54) is 0 Å². The third kappa shape index (κ3) is 5.65. The maximum absolute atomic E-state index is 11.6. The minimum atomic E-state index is -1.80.